The Morgan fingerprint density at radius 3 is 2.93 bits per heavy atom. The molecular formula is C12H19N3. The van der Waals surface area contributed by atoms with E-state index in [9.17, 15) is 0 Å². The Hall–Kier alpha value is -1.09. The van der Waals surface area contributed by atoms with Gasteiger partial charge in [0.25, 0.3) is 0 Å². The van der Waals surface area contributed by atoms with Crippen LogP contribution in [0.25, 0.3) is 0 Å². The van der Waals surface area contributed by atoms with Crippen LogP contribution in [-0.4, -0.2) is 29.0 Å². The van der Waals surface area contributed by atoms with Gasteiger partial charge in [0.1, 0.15) is 5.82 Å². The van der Waals surface area contributed by atoms with Gasteiger partial charge in [-0.2, -0.15) is 0 Å². The molecule has 1 aromatic rings. The topological polar surface area (TPSA) is 42.2 Å². The van der Waals surface area contributed by atoms with Crippen LogP contribution in [0.4, 0.5) is 5.82 Å². The van der Waals surface area contributed by atoms with Crippen molar-refractivity contribution >= 4 is 5.82 Å². The maximum atomic E-state index is 5.70. The van der Waals surface area contributed by atoms with E-state index in [1.165, 1.54) is 18.5 Å². The summed E-state index contributed by atoms with van der Waals surface area (Å²) in [6.07, 6.45) is 3.05. The molecule has 3 heteroatoms. The van der Waals surface area contributed by atoms with E-state index in [0.717, 1.165) is 6.54 Å². The molecule has 1 atom stereocenters. The zero-order valence-electron chi connectivity index (χ0n) is 9.48. The first kappa shape index (κ1) is 10.4. The molecule has 2 heterocycles. The molecule has 15 heavy (non-hydrogen) atoms. The third kappa shape index (κ3) is 2.29. The fourth-order valence-electron chi connectivity index (χ4n) is 2.25. The summed E-state index contributed by atoms with van der Waals surface area (Å²) in [5, 5.41) is 0. The molecule has 3 nitrogen and oxygen atoms in total. The Balaban J connectivity index is 2.08. The Morgan fingerprint density at radius 1 is 1.53 bits per heavy atom. The van der Waals surface area contributed by atoms with Gasteiger partial charge in [-0.3, -0.25) is 0 Å². The summed E-state index contributed by atoms with van der Waals surface area (Å²) < 4.78 is 0. The molecule has 0 aliphatic carbocycles. The van der Waals surface area contributed by atoms with E-state index in [4.69, 9.17) is 5.73 Å². The van der Waals surface area contributed by atoms with Crippen LogP contribution in [0.2, 0.25) is 0 Å². The smallest absolute Gasteiger partial charge is 0.123 e. The Morgan fingerprint density at radius 2 is 2.33 bits per heavy atom. The summed E-state index contributed by atoms with van der Waals surface area (Å²) in [7, 11) is 0. The van der Waals surface area contributed by atoms with Crippen molar-refractivity contribution in [1.29, 1.82) is 0 Å². The van der Waals surface area contributed by atoms with E-state index in [-0.39, 0.29) is 0 Å². The van der Waals surface area contributed by atoms with Crippen molar-refractivity contribution < 1.29 is 0 Å². The summed E-state index contributed by atoms with van der Waals surface area (Å²) in [5.74, 6) is 1.27. The number of hydrogen-bond acceptors (Lipinski definition) is 3. The van der Waals surface area contributed by atoms with Gasteiger partial charge in [0.15, 0.2) is 0 Å². The first-order valence-corrected chi connectivity index (χ1v) is 5.62. The number of anilines is 1. The van der Waals surface area contributed by atoms with Crippen molar-refractivity contribution in [1.82, 2.24) is 9.88 Å². The Labute approximate surface area is 91.3 Å². The number of nitrogens with zero attached hydrogens (tertiary/aromatic N) is 2. The average molecular weight is 205 g/mol. The van der Waals surface area contributed by atoms with E-state index in [1.807, 2.05) is 12.3 Å². The fraction of sp³-hybridized carbons (Fsp3) is 0.583. The SMILES string of the molecule is CC(C)N1CCC(c2ccnc(N)c2)C1. The molecule has 1 fully saturated rings. The molecule has 0 saturated carbocycles. The zero-order valence-corrected chi connectivity index (χ0v) is 9.48. The molecule has 82 valence electrons. The second-order valence-corrected chi connectivity index (χ2v) is 4.59. The van der Waals surface area contributed by atoms with Gasteiger partial charge in [-0.1, -0.05) is 0 Å². The third-order valence-electron chi connectivity index (χ3n) is 3.23. The molecule has 0 radical (unpaired) electrons. The minimum absolute atomic E-state index is 0.635. The number of aromatic nitrogens is 1. The van der Waals surface area contributed by atoms with Crippen LogP contribution < -0.4 is 5.73 Å². The second-order valence-electron chi connectivity index (χ2n) is 4.59. The largest absolute Gasteiger partial charge is 0.384 e. The standard InChI is InChI=1S/C12H19N3/c1-9(2)15-6-4-11(8-15)10-3-5-14-12(13)7-10/h3,5,7,9,11H,4,6,8H2,1-2H3,(H2,13,14). The van der Waals surface area contributed by atoms with E-state index in [2.05, 4.69) is 29.8 Å². The molecule has 0 spiro atoms. The molecular weight excluding hydrogens is 186 g/mol. The molecule has 2 N–H and O–H groups in total. The number of nitrogens with two attached hydrogens (primary N) is 1. The van der Waals surface area contributed by atoms with Crippen molar-refractivity contribution in [2.24, 2.45) is 0 Å². The van der Waals surface area contributed by atoms with Crippen LogP contribution in [0.3, 0.4) is 0 Å². The lowest BCUT2D eigenvalue weighted by Gasteiger charge is -2.20. The molecule has 1 aliphatic rings. The monoisotopic (exact) mass is 205 g/mol. The minimum atomic E-state index is 0.635. The molecule has 0 amide bonds. The molecule has 0 bridgehead atoms. The Bertz CT molecular complexity index is 335. The van der Waals surface area contributed by atoms with Crippen LogP contribution in [0.1, 0.15) is 31.7 Å². The predicted molar refractivity (Wildman–Crippen MR) is 62.7 cm³/mol. The van der Waals surface area contributed by atoms with E-state index < -0.39 is 0 Å². The first-order valence-electron chi connectivity index (χ1n) is 5.62. The lowest BCUT2D eigenvalue weighted by atomic mass is 9.99. The molecule has 1 aromatic heterocycles. The van der Waals surface area contributed by atoms with Gasteiger partial charge in [-0.05, 0) is 50.4 Å². The molecule has 1 saturated heterocycles. The molecule has 1 unspecified atom stereocenters. The summed E-state index contributed by atoms with van der Waals surface area (Å²) in [4.78, 5) is 6.54. The highest BCUT2D eigenvalue weighted by molar-refractivity contribution is 5.34. The van der Waals surface area contributed by atoms with E-state index in [0.29, 0.717) is 17.8 Å². The summed E-state index contributed by atoms with van der Waals surface area (Å²) in [5.41, 5.74) is 7.03. The van der Waals surface area contributed by atoms with Crippen LogP contribution in [-0.2, 0) is 0 Å². The molecule has 1 aliphatic heterocycles. The van der Waals surface area contributed by atoms with Crippen molar-refractivity contribution in [2.75, 3.05) is 18.8 Å². The summed E-state index contributed by atoms with van der Waals surface area (Å²) >= 11 is 0. The van der Waals surface area contributed by atoms with Gasteiger partial charge in [0.05, 0.1) is 0 Å². The molecule has 2 rings (SSSR count). The van der Waals surface area contributed by atoms with E-state index >= 15 is 0 Å². The van der Waals surface area contributed by atoms with Crippen molar-refractivity contribution in [2.45, 2.75) is 32.2 Å². The number of pyridine rings is 1. The number of hydrogen-bond donors (Lipinski definition) is 1. The van der Waals surface area contributed by atoms with E-state index in [1.54, 1.807) is 0 Å². The first-order chi connectivity index (χ1) is 7.16. The average Bonchev–Trinajstić information content (AvgIpc) is 2.66. The highest BCUT2D eigenvalue weighted by atomic mass is 15.2. The quantitative estimate of drug-likeness (QED) is 0.801. The normalized spacial score (nSPS) is 22.5. The van der Waals surface area contributed by atoms with Gasteiger partial charge in [0, 0.05) is 18.8 Å². The van der Waals surface area contributed by atoms with Gasteiger partial charge < -0.3 is 10.6 Å². The van der Waals surface area contributed by atoms with Gasteiger partial charge in [-0.15, -0.1) is 0 Å². The summed E-state index contributed by atoms with van der Waals surface area (Å²) in [6.45, 7) is 6.86. The second kappa shape index (κ2) is 4.19. The maximum Gasteiger partial charge on any atom is 0.123 e. The van der Waals surface area contributed by atoms with Crippen LogP contribution >= 0.6 is 0 Å². The van der Waals surface area contributed by atoms with Crippen LogP contribution in [0.5, 0.6) is 0 Å². The highest BCUT2D eigenvalue weighted by Crippen LogP contribution is 2.28. The summed E-state index contributed by atoms with van der Waals surface area (Å²) in [6, 6.07) is 4.74. The van der Waals surface area contributed by atoms with Crippen molar-refractivity contribution in [3.8, 4) is 0 Å². The number of nitrogen functional groups attached to an aromatic ring is 1. The van der Waals surface area contributed by atoms with Gasteiger partial charge in [-0.25, -0.2) is 4.98 Å². The van der Waals surface area contributed by atoms with Gasteiger partial charge in [0.2, 0.25) is 0 Å². The lowest BCUT2D eigenvalue weighted by molar-refractivity contribution is 0.272. The maximum absolute atomic E-state index is 5.70. The van der Waals surface area contributed by atoms with Crippen LogP contribution in [0, 0.1) is 0 Å². The molecule has 0 aromatic carbocycles. The Kier molecular flexibility index (Phi) is 2.91. The zero-order chi connectivity index (χ0) is 10.8. The lowest BCUT2D eigenvalue weighted by Crippen LogP contribution is -2.27. The van der Waals surface area contributed by atoms with Crippen molar-refractivity contribution in [3.05, 3.63) is 23.9 Å². The predicted octanol–water partition coefficient (Wildman–Crippen LogP) is 1.86. The fourth-order valence-corrected chi connectivity index (χ4v) is 2.25. The third-order valence-corrected chi connectivity index (χ3v) is 3.23. The minimum Gasteiger partial charge on any atom is -0.384 e. The van der Waals surface area contributed by atoms with Crippen molar-refractivity contribution in [3.63, 3.8) is 0 Å². The van der Waals surface area contributed by atoms with Crippen LogP contribution in [0.15, 0.2) is 18.3 Å². The number of likely N-dealkylation sites (tertiary alicyclic amines) is 1. The van der Waals surface area contributed by atoms with Gasteiger partial charge >= 0.3 is 0 Å². The highest BCUT2D eigenvalue weighted by Gasteiger charge is 2.25. The number of rotatable bonds is 2.